The van der Waals surface area contributed by atoms with E-state index in [0.29, 0.717) is 15.7 Å². The number of benzene rings is 1. The highest BCUT2D eigenvalue weighted by Crippen LogP contribution is 2.36. The van der Waals surface area contributed by atoms with Gasteiger partial charge in [0.2, 0.25) is 0 Å². The van der Waals surface area contributed by atoms with Gasteiger partial charge >= 0.3 is 0 Å². The second-order valence-electron chi connectivity index (χ2n) is 6.20. The van der Waals surface area contributed by atoms with Gasteiger partial charge in [0.1, 0.15) is 23.7 Å². The molecule has 2 aromatic rings. The zero-order valence-electron chi connectivity index (χ0n) is 14.5. The molecule has 0 amide bonds. The number of aliphatic hydroxyl groups is 3. The van der Waals surface area contributed by atoms with Gasteiger partial charge < -0.3 is 31.1 Å². The molecule has 6 N–H and O–H groups in total. The van der Waals surface area contributed by atoms with E-state index in [1.165, 1.54) is 23.1 Å². The summed E-state index contributed by atoms with van der Waals surface area (Å²) in [4.78, 5) is 0.735. The standard InChI is InChI=1S/C18H20Cl2N2O4S2/c19-11-2-1-10(5-12(11)20)28-18-17(25)15(16(24)14(7-23)26-18)22-6-13(21)9-3-4-27-8-9/h1-6,8,14-18,22-25H,7,21H2/b13-6-. The highest BCUT2D eigenvalue weighted by molar-refractivity contribution is 7.99. The number of nitrogens with one attached hydrogen (secondary N) is 1. The fourth-order valence-corrected chi connectivity index (χ4v) is 4.90. The van der Waals surface area contributed by atoms with Crippen LogP contribution in [0.1, 0.15) is 5.56 Å². The summed E-state index contributed by atoms with van der Waals surface area (Å²) in [6, 6.07) is 6.16. The summed E-state index contributed by atoms with van der Waals surface area (Å²) in [5.74, 6) is 0. The van der Waals surface area contributed by atoms with Gasteiger partial charge in [-0.25, -0.2) is 0 Å². The minimum absolute atomic E-state index is 0.386. The first kappa shape index (κ1) is 21.7. The van der Waals surface area contributed by atoms with E-state index < -0.39 is 36.4 Å². The maximum Gasteiger partial charge on any atom is 0.136 e. The number of nitrogens with two attached hydrogens (primary N) is 1. The maximum absolute atomic E-state index is 10.8. The Hall–Kier alpha value is -0.970. The van der Waals surface area contributed by atoms with Gasteiger partial charge in [-0.2, -0.15) is 11.3 Å². The minimum atomic E-state index is -1.13. The van der Waals surface area contributed by atoms with Gasteiger partial charge in [0.15, 0.2) is 0 Å². The van der Waals surface area contributed by atoms with Crippen molar-refractivity contribution in [3.63, 3.8) is 0 Å². The van der Waals surface area contributed by atoms with E-state index in [1.54, 1.807) is 24.4 Å². The molecule has 1 aromatic carbocycles. The SMILES string of the molecule is N/C(=C\NC1C(O)C(CO)OC(Sc2ccc(Cl)c(Cl)c2)C1O)c1ccsc1. The van der Waals surface area contributed by atoms with Crippen LogP contribution in [0.2, 0.25) is 10.0 Å². The number of thiophene rings is 1. The molecule has 1 aliphatic rings. The van der Waals surface area contributed by atoms with Gasteiger partial charge in [0.25, 0.3) is 0 Å². The number of aliphatic hydroxyl groups excluding tert-OH is 3. The van der Waals surface area contributed by atoms with Crippen LogP contribution >= 0.6 is 46.3 Å². The summed E-state index contributed by atoms with van der Waals surface area (Å²) in [5.41, 5.74) is 6.60. The molecule has 1 fully saturated rings. The third kappa shape index (κ3) is 4.95. The number of hydrogen-bond acceptors (Lipinski definition) is 8. The molecule has 0 aliphatic carbocycles. The number of hydrogen-bond donors (Lipinski definition) is 5. The van der Waals surface area contributed by atoms with Crippen LogP contribution in [-0.4, -0.2) is 51.7 Å². The van der Waals surface area contributed by atoms with Crippen LogP contribution in [0.4, 0.5) is 0 Å². The average molecular weight is 463 g/mol. The zero-order chi connectivity index (χ0) is 20.3. The Kier molecular flexibility index (Phi) is 7.52. The highest BCUT2D eigenvalue weighted by atomic mass is 35.5. The van der Waals surface area contributed by atoms with E-state index >= 15 is 0 Å². The molecule has 0 saturated carbocycles. The first-order valence-corrected chi connectivity index (χ1v) is 11.0. The van der Waals surface area contributed by atoms with Gasteiger partial charge in [-0.1, -0.05) is 35.0 Å². The van der Waals surface area contributed by atoms with Crippen LogP contribution in [0.15, 0.2) is 46.1 Å². The fourth-order valence-electron chi connectivity index (χ4n) is 2.76. The molecule has 28 heavy (non-hydrogen) atoms. The Balaban J connectivity index is 1.76. The zero-order valence-corrected chi connectivity index (χ0v) is 17.7. The largest absolute Gasteiger partial charge is 0.397 e. The van der Waals surface area contributed by atoms with E-state index in [9.17, 15) is 15.3 Å². The third-order valence-corrected chi connectivity index (χ3v) is 6.88. The average Bonchev–Trinajstić information content (AvgIpc) is 3.21. The maximum atomic E-state index is 10.8. The molecular weight excluding hydrogens is 443 g/mol. The summed E-state index contributed by atoms with van der Waals surface area (Å²) in [6.07, 6.45) is -1.53. The van der Waals surface area contributed by atoms with Crippen molar-refractivity contribution in [1.82, 2.24) is 5.32 Å². The number of ether oxygens (including phenoxy) is 1. The minimum Gasteiger partial charge on any atom is -0.397 e. The van der Waals surface area contributed by atoms with E-state index in [1.807, 2.05) is 16.8 Å². The summed E-state index contributed by atoms with van der Waals surface area (Å²) >= 11 is 14.7. The summed E-state index contributed by atoms with van der Waals surface area (Å²) < 4.78 is 5.69. The fraction of sp³-hybridized carbons (Fsp3) is 0.333. The van der Waals surface area contributed by atoms with Crippen LogP contribution in [0.5, 0.6) is 0 Å². The van der Waals surface area contributed by atoms with E-state index in [0.717, 1.165) is 10.5 Å². The Morgan fingerprint density at radius 3 is 2.68 bits per heavy atom. The third-order valence-electron chi connectivity index (χ3n) is 4.31. The van der Waals surface area contributed by atoms with Crippen molar-refractivity contribution in [2.24, 2.45) is 5.73 Å². The van der Waals surface area contributed by atoms with Gasteiger partial charge in [0.05, 0.1) is 28.4 Å². The van der Waals surface area contributed by atoms with E-state index in [2.05, 4.69) is 5.32 Å². The van der Waals surface area contributed by atoms with Crippen LogP contribution in [0.25, 0.3) is 5.70 Å². The quantitative estimate of drug-likeness (QED) is 0.448. The lowest BCUT2D eigenvalue weighted by atomic mass is 9.97. The predicted octanol–water partition coefficient (Wildman–Crippen LogP) is 2.50. The molecule has 5 atom stereocenters. The van der Waals surface area contributed by atoms with Crippen molar-refractivity contribution in [2.45, 2.75) is 34.7 Å². The van der Waals surface area contributed by atoms with Crippen LogP contribution in [0.3, 0.4) is 0 Å². The van der Waals surface area contributed by atoms with Crippen molar-refractivity contribution in [3.05, 3.63) is 56.8 Å². The van der Waals surface area contributed by atoms with Crippen molar-refractivity contribution in [3.8, 4) is 0 Å². The molecule has 1 aliphatic heterocycles. The smallest absolute Gasteiger partial charge is 0.136 e. The van der Waals surface area contributed by atoms with Crippen LogP contribution < -0.4 is 11.1 Å². The second-order valence-corrected chi connectivity index (χ2v) is 8.97. The summed E-state index contributed by atoms with van der Waals surface area (Å²) in [7, 11) is 0. The summed E-state index contributed by atoms with van der Waals surface area (Å²) in [6.45, 7) is -0.395. The summed E-state index contributed by atoms with van der Waals surface area (Å²) in [5, 5.41) is 38.4. The Bertz CT molecular complexity index is 822. The molecule has 1 aromatic heterocycles. The molecule has 6 nitrogen and oxygen atoms in total. The van der Waals surface area contributed by atoms with Crippen LogP contribution in [0, 0.1) is 0 Å². The van der Waals surface area contributed by atoms with Gasteiger partial charge in [-0.15, -0.1) is 0 Å². The van der Waals surface area contributed by atoms with Gasteiger partial charge in [-0.3, -0.25) is 0 Å². The van der Waals surface area contributed by atoms with Gasteiger partial charge in [-0.05, 0) is 29.6 Å². The molecule has 0 bridgehead atoms. The lowest BCUT2D eigenvalue weighted by molar-refractivity contribution is -0.164. The molecule has 152 valence electrons. The number of halogens is 2. The van der Waals surface area contributed by atoms with Gasteiger partial charge in [0, 0.05) is 22.0 Å². The Labute approximate surface area is 180 Å². The first-order valence-electron chi connectivity index (χ1n) is 8.39. The second kappa shape index (κ2) is 9.69. The predicted molar refractivity (Wildman–Crippen MR) is 113 cm³/mol. The lowest BCUT2D eigenvalue weighted by Crippen LogP contribution is -2.62. The number of rotatable bonds is 6. The first-order chi connectivity index (χ1) is 13.4. The molecule has 5 unspecified atom stereocenters. The van der Waals surface area contributed by atoms with Crippen molar-refractivity contribution < 1.29 is 20.1 Å². The Morgan fingerprint density at radius 2 is 2.04 bits per heavy atom. The highest BCUT2D eigenvalue weighted by Gasteiger charge is 2.44. The number of thioether (sulfide) groups is 1. The Morgan fingerprint density at radius 1 is 1.25 bits per heavy atom. The molecule has 2 heterocycles. The molecule has 3 rings (SSSR count). The van der Waals surface area contributed by atoms with E-state index in [4.69, 9.17) is 33.7 Å². The topological polar surface area (TPSA) is 108 Å². The van der Waals surface area contributed by atoms with Crippen LogP contribution in [-0.2, 0) is 4.74 Å². The molecule has 1 saturated heterocycles. The van der Waals surface area contributed by atoms with E-state index in [-0.39, 0.29) is 0 Å². The molecule has 10 heteroatoms. The molecule has 0 radical (unpaired) electrons. The van der Waals surface area contributed by atoms with Crippen molar-refractivity contribution in [1.29, 1.82) is 0 Å². The van der Waals surface area contributed by atoms with Crippen molar-refractivity contribution >= 4 is 52.0 Å². The molecule has 0 spiro atoms. The van der Waals surface area contributed by atoms with Crippen molar-refractivity contribution in [2.75, 3.05) is 6.61 Å². The normalized spacial score (nSPS) is 28.3. The monoisotopic (exact) mass is 462 g/mol. The lowest BCUT2D eigenvalue weighted by Gasteiger charge is -2.42. The molecular formula is C18H20Cl2N2O4S2.